The fraction of sp³-hybridized carbons (Fsp3) is 0.188. The predicted molar refractivity (Wildman–Crippen MR) is 88.7 cm³/mol. The first-order valence-corrected chi connectivity index (χ1v) is 7.92. The van der Waals surface area contributed by atoms with Crippen molar-refractivity contribution in [3.05, 3.63) is 68.4 Å². The van der Waals surface area contributed by atoms with Gasteiger partial charge in [0.05, 0.1) is 11.1 Å². The number of halogens is 3. The van der Waals surface area contributed by atoms with Gasteiger partial charge in [-0.1, -0.05) is 44.0 Å². The smallest absolute Gasteiger partial charge is 0.254 e. The first-order valence-electron chi connectivity index (χ1n) is 6.33. The van der Waals surface area contributed by atoms with E-state index in [2.05, 4.69) is 37.2 Å². The Kier molecular flexibility index (Phi) is 4.84. The van der Waals surface area contributed by atoms with Gasteiger partial charge in [-0.25, -0.2) is 4.39 Å². The van der Waals surface area contributed by atoms with Gasteiger partial charge in [0.25, 0.3) is 5.91 Å². The van der Waals surface area contributed by atoms with Gasteiger partial charge in [-0.05, 0) is 49.7 Å². The summed E-state index contributed by atoms with van der Waals surface area (Å²) in [5.74, 6) is -0.985. The lowest BCUT2D eigenvalue weighted by atomic mass is 9.94. The highest BCUT2D eigenvalue weighted by Gasteiger charge is 2.24. The average molecular weight is 415 g/mol. The highest BCUT2D eigenvalue weighted by Crippen LogP contribution is 2.23. The normalized spacial score (nSPS) is 11.3. The van der Waals surface area contributed by atoms with Crippen molar-refractivity contribution in [2.45, 2.75) is 19.4 Å². The Hall–Kier alpha value is -1.20. The zero-order valence-corrected chi connectivity index (χ0v) is 14.8. The molecule has 0 aliphatic rings. The maximum Gasteiger partial charge on any atom is 0.254 e. The third-order valence-electron chi connectivity index (χ3n) is 3.17. The van der Waals surface area contributed by atoms with Crippen molar-refractivity contribution in [1.29, 1.82) is 0 Å². The summed E-state index contributed by atoms with van der Waals surface area (Å²) in [5, 5.41) is 2.86. The van der Waals surface area contributed by atoms with Crippen molar-refractivity contribution >= 4 is 37.8 Å². The first kappa shape index (κ1) is 16.2. The standard InChI is InChI=1S/C16H14Br2FNO/c1-16(2,10-3-5-11(17)6-4-10)20-15(21)13-8-7-12(18)9-14(13)19/h3-9H,1-2H3,(H,20,21). The van der Waals surface area contributed by atoms with Gasteiger partial charge >= 0.3 is 0 Å². The largest absolute Gasteiger partial charge is 0.343 e. The quantitative estimate of drug-likeness (QED) is 0.750. The van der Waals surface area contributed by atoms with Crippen LogP contribution in [-0.4, -0.2) is 5.91 Å². The Morgan fingerprint density at radius 3 is 2.19 bits per heavy atom. The fourth-order valence-corrected chi connectivity index (χ4v) is 2.56. The molecule has 0 spiro atoms. The molecule has 0 aliphatic heterocycles. The Balaban J connectivity index is 2.23. The van der Waals surface area contributed by atoms with Gasteiger partial charge in [-0.2, -0.15) is 0 Å². The topological polar surface area (TPSA) is 29.1 Å². The lowest BCUT2D eigenvalue weighted by Crippen LogP contribution is -2.41. The van der Waals surface area contributed by atoms with Crippen LogP contribution in [0.3, 0.4) is 0 Å². The molecular formula is C16H14Br2FNO. The van der Waals surface area contributed by atoms with Crippen LogP contribution in [0.15, 0.2) is 51.4 Å². The molecule has 0 heterocycles. The van der Waals surface area contributed by atoms with Crippen LogP contribution in [0.2, 0.25) is 0 Å². The third-order valence-corrected chi connectivity index (χ3v) is 4.19. The van der Waals surface area contributed by atoms with E-state index in [0.29, 0.717) is 4.47 Å². The Morgan fingerprint density at radius 2 is 1.62 bits per heavy atom. The van der Waals surface area contributed by atoms with E-state index in [-0.39, 0.29) is 5.56 Å². The second kappa shape index (κ2) is 6.28. The molecule has 0 saturated carbocycles. The van der Waals surface area contributed by atoms with Crippen molar-refractivity contribution in [2.24, 2.45) is 0 Å². The number of rotatable bonds is 3. The number of hydrogen-bond donors (Lipinski definition) is 1. The van der Waals surface area contributed by atoms with Gasteiger partial charge in [0.15, 0.2) is 0 Å². The molecule has 1 N–H and O–H groups in total. The van der Waals surface area contributed by atoms with E-state index in [1.807, 2.05) is 38.1 Å². The van der Waals surface area contributed by atoms with Crippen molar-refractivity contribution in [1.82, 2.24) is 5.32 Å². The Labute approximate surface area is 140 Å². The summed E-state index contributed by atoms with van der Waals surface area (Å²) in [6, 6.07) is 12.0. The molecule has 0 atom stereocenters. The fourth-order valence-electron chi connectivity index (χ4n) is 1.96. The van der Waals surface area contributed by atoms with Gasteiger partial charge in [-0.3, -0.25) is 4.79 Å². The highest BCUT2D eigenvalue weighted by atomic mass is 79.9. The molecule has 2 aromatic rings. The number of amides is 1. The van der Waals surface area contributed by atoms with Gasteiger partial charge < -0.3 is 5.32 Å². The minimum Gasteiger partial charge on any atom is -0.343 e. The summed E-state index contributed by atoms with van der Waals surface area (Å²) < 4.78 is 15.4. The highest BCUT2D eigenvalue weighted by molar-refractivity contribution is 9.10. The van der Waals surface area contributed by atoms with Crippen LogP contribution in [0.4, 0.5) is 4.39 Å². The molecule has 0 radical (unpaired) electrons. The molecule has 0 aromatic heterocycles. The molecule has 5 heteroatoms. The molecule has 0 fully saturated rings. The van der Waals surface area contributed by atoms with Gasteiger partial charge in [0, 0.05) is 8.95 Å². The minimum atomic E-state index is -0.600. The van der Waals surface area contributed by atoms with E-state index in [4.69, 9.17) is 0 Å². The monoisotopic (exact) mass is 413 g/mol. The van der Waals surface area contributed by atoms with E-state index in [1.165, 1.54) is 12.1 Å². The maximum atomic E-state index is 13.8. The van der Waals surface area contributed by atoms with Gasteiger partial charge in [-0.15, -0.1) is 0 Å². The molecule has 2 nitrogen and oxygen atoms in total. The molecule has 21 heavy (non-hydrogen) atoms. The molecule has 2 aromatic carbocycles. The molecule has 0 aliphatic carbocycles. The number of carbonyl (C=O) groups is 1. The predicted octanol–water partition coefficient (Wildman–Crippen LogP) is 5.02. The summed E-state index contributed by atoms with van der Waals surface area (Å²) >= 11 is 6.55. The van der Waals surface area contributed by atoms with Crippen LogP contribution in [0.1, 0.15) is 29.8 Å². The van der Waals surface area contributed by atoms with Crippen LogP contribution >= 0.6 is 31.9 Å². The molecule has 0 saturated heterocycles. The summed E-state index contributed by atoms with van der Waals surface area (Å²) in [6.07, 6.45) is 0. The Morgan fingerprint density at radius 1 is 1.05 bits per heavy atom. The summed E-state index contributed by atoms with van der Waals surface area (Å²) in [6.45, 7) is 3.76. The van der Waals surface area contributed by atoms with Crippen LogP contribution in [0, 0.1) is 5.82 Å². The SMILES string of the molecule is CC(C)(NC(=O)c1ccc(Br)cc1F)c1ccc(Br)cc1. The van der Waals surface area contributed by atoms with Crippen LogP contribution in [-0.2, 0) is 5.54 Å². The zero-order chi connectivity index (χ0) is 15.6. The van der Waals surface area contributed by atoms with Crippen molar-refractivity contribution in [3.63, 3.8) is 0 Å². The first-order chi connectivity index (χ1) is 9.79. The number of benzene rings is 2. The molecule has 110 valence electrons. The molecule has 2 rings (SSSR count). The molecule has 0 unspecified atom stereocenters. The minimum absolute atomic E-state index is 0.0309. The van der Waals surface area contributed by atoms with Crippen molar-refractivity contribution < 1.29 is 9.18 Å². The zero-order valence-electron chi connectivity index (χ0n) is 11.6. The van der Waals surface area contributed by atoms with E-state index in [9.17, 15) is 9.18 Å². The van der Waals surface area contributed by atoms with Gasteiger partial charge in [0.2, 0.25) is 0 Å². The lowest BCUT2D eigenvalue weighted by molar-refractivity contribution is 0.0908. The molecule has 0 bridgehead atoms. The van der Waals surface area contributed by atoms with E-state index >= 15 is 0 Å². The second-order valence-corrected chi connectivity index (χ2v) is 7.04. The van der Waals surface area contributed by atoms with Gasteiger partial charge in [0.1, 0.15) is 5.82 Å². The van der Waals surface area contributed by atoms with Crippen molar-refractivity contribution in [3.8, 4) is 0 Å². The number of hydrogen-bond acceptors (Lipinski definition) is 1. The van der Waals surface area contributed by atoms with Crippen LogP contribution in [0.5, 0.6) is 0 Å². The lowest BCUT2D eigenvalue weighted by Gasteiger charge is -2.27. The van der Waals surface area contributed by atoms with Crippen LogP contribution in [0.25, 0.3) is 0 Å². The second-order valence-electron chi connectivity index (χ2n) is 5.21. The van der Waals surface area contributed by atoms with E-state index in [1.54, 1.807) is 6.07 Å². The average Bonchev–Trinajstić information content (AvgIpc) is 2.38. The van der Waals surface area contributed by atoms with E-state index in [0.717, 1.165) is 10.0 Å². The number of nitrogens with one attached hydrogen (secondary N) is 1. The third kappa shape index (κ3) is 3.92. The van der Waals surface area contributed by atoms with E-state index < -0.39 is 17.3 Å². The van der Waals surface area contributed by atoms with Crippen LogP contribution < -0.4 is 5.32 Å². The summed E-state index contributed by atoms with van der Waals surface area (Å²) in [7, 11) is 0. The summed E-state index contributed by atoms with van der Waals surface area (Å²) in [5.41, 5.74) is 0.372. The Bertz CT molecular complexity index is 668. The molecular weight excluding hydrogens is 401 g/mol. The molecule has 1 amide bonds. The number of carbonyl (C=O) groups excluding carboxylic acids is 1. The van der Waals surface area contributed by atoms with Crippen molar-refractivity contribution in [2.75, 3.05) is 0 Å². The maximum absolute atomic E-state index is 13.8. The summed E-state index contributed by atoms with van der Waals surface area (Å²) in [4.78, 5) is 12.3.